The minimum Gasteiger partial charge on any atom is -0.487 e. The third-order valence-corrected chi connectivity index (χ3v) is 3.31. The molecule has 1 aromatic carbocycles. The Bertz CT molecular complexity index is 340. The summed E-state index contributed by atoms with van der Waals surface area (Å²) in [6.07, 6.45) is 1.28. The molecule has 2 nitrogen and oxygen atoms in total. The highest BCUT2D eigenvalue weighted by atomic mass is 79.9. The van der Waals surface area contributed by atoms with Crippen LogP contribution in [-0.4, -0.2) is 13.2 Å². The van der Waals surface area contributed by atoms with Crippen LogP contribution in [0, 0.1) is 0 Å². The lowest BCUT2D eigenvalue weighted by Crippen LogP contribution is -2.27. The number of benzene rings is 1. The van der Waals surface area contributed by atoms with E-state index in [1.54, 1.807) is 0 Å². The maximum atomic E-state index is 5.88. The molecule has 0 spiro atoms. The van der Waals surface area contributed by atoms with E-state index in [-0.39, 0.29) is 6.10 Å². The standard InChI is InChI=1S/C11H14BrNO/c1-3-9-10(13-2)7-5-4-6-8(12)11(7)14-9/h4-6,9-10,13H,3H2,1-2H3. The molecule has 2 atom stereocenters. The predicted octanol–water partition coefficient (Wildman–Crippen LogP) is 2.88. The van der Waals surface area contributed by atoms with Gasteiger partial charge in [0.05, 0.1) is 10.5 Å². The number of rotatable bonds is 2. The monoisotopic (exact) mass is 255 g/mol. The van der Waals surface area contributed by atoms with Gasteiger partial charge in [0.1, 0.15) is 11.9 Å². The normalized spacial score (nSPS) is 24.5. The van der Waals surface area contributed by atoms with Gasteiger partial charge in [-0.1, -0.05) is 19.1 Å². The van der Waals surface area contributed by atoms with Gasteiger partial charge >= 0.3 is 0 Å². The fourth-order valence-corrected chi connectivity index (χ4v) is 2.45. The maximum Gasteiger partial charge on any atom is 0.138 e. The largest absolute Gasteiger partial charge is 0.487 e. The average molecular weight is 256 g/mol. The number of nitrogens with one attached hydrogen (secondary N) is 1. The number of para-hydroxylation sites is 1. The van der Waals surface area contributed by atoms with Gasteiger partial charge in [-0.15, -0.1) is 0 Å². The van der Waals surface area contributed by atoms with Crippen molar-refractivity contribution in [2.45, 2.75) is 25.5 Å². The van der Waals surface area contributed by atoms with Crippen LogP contribution >= 0.6 is 15.9 Å². The Balaban J connectivity index is 2.42. The van der Waals surface area contributed by atoms with Gasteiger partial charge in [0, 0.05) is 5.56 Å². The second kappa shape index (κ2) is 3.91. The molecule has 2 rings (SSSR count). The van der Waals surface area contributed by atoms with Gasteiger partial charge in [-0.3, -0.25) is 0 Å². The second-order valence-electron chi connectivity index (χ2n) is 3.49. The van der Waals surface area contributed by atoms with Crippen LogP contribution in [0.4, 0.5) is 0 Å². The van der Waals surface area contributed by atoms with E-state index in [9.17, 15) is 0 Å². The lowest BCUT2D eigenvalue weighted by molar-refractivity contribution is 0.188. The third kappa shape index (κ3) is 1.44. The molecule has 0 saturated carbocycles. The molecule has 0 radical (unpaired) electrons. The van der Waals surface area contributed by atoms with Crippen molar-refractivity contribution in [1.29, 1.82) is 0 Å². The molecule has 1 N–H and O–H groups in total. The van der Waals surface area contributed by atoms with Crippen molar-refractivity contribution in [2.24, 2.45) is 0 Å². The molecular weight excluding hydrogens is 242 g/mol. The SMILES string of the molecule is CCC1Oc2c(Br)cccc2C1NC. The highest BCUT2D eigenvalue weighted by molar-refractivity contribution is 9.10. The fourth-order valence-electron chi connectivity index (χ4n) is 1.97. The molecule has 0 aliphatic carbocycles. The Morgan fingerprint density at radius 3 is 2.93 bits per heavy atom. The van der Waals surface area contributed by atoms with Gasteiger partial charge in [-0.05, 0) is 35.5 Å². The van der Waals surface area contributed by atoms with E-state index in [0.717, 1.165) is 16.6 Å². The molecule has 0 fully saturated rings. The summed E-state index contributed by atoms with van der Waals surface area (Å²) in [7, 11) is 1.98. The third-order valence-electron chi connectivity index (χ3n) is 2.69. The number of ether oxygens (including phenoxy) is 1. The topological polar surface area (TPSA) is 21.3 Å². The molecule has 76 valence electrons. The molecule has 0 aromatic heterocycles. The van der Waals surface area contributed by atoms with E-state index in [2.05, 4.69) is 40.3 Å². The van der Waals surface area contributed by atoms with Crippen molar-refractivity contribution >= 4 is 15.9 Å². The van der Waals surface area contributed by atoms with Crippen LogP contribution < -0.4 is 10.1 Å². The summed E-state index contributed by atoms with van der Waals surface area (Å²) in [5, 5.41) is 3.30. The summed E-state index contributed by atoms with van der Waals surface area (Å²) in [6, 6.07) is 6.52. The molecule has 1 aliphatic rings. The molecule has 1 aromatic rings. The van der Waals surface area contributed by atoms with Crippen LogP contribution in [0.2, 0.25) is 0 Å². The first-order chi connectivity index (χ1) is 6.77. The van der Waals surface area contributed by atoms with Gasteiger partial charge in [0.15, 0.2) is 0 Å². The quantitative estimate of drug-likeness (QED) is 0.878. The molecule has 0 amide bonds. The van der Waals surface area contributed by atoms with Crippen molar-refractivity contribution in [2.75, 3.05) is 7.05 Å². The average Bonchev–Trinajstić information content (AvgIpc) is 2.57. The van der Waals surface area contributed by atoms with Crippen LogP contribution in [0.25, 0.3) is 0 Å². The van der Waals surface area contributed by atoms with Crippen molar-refractivity contribution in [3.05, 3.63) is 28.2 Å². The highest BCUT2D eigenvalue weighted by Gasteiger charge is 2.32. The summed E-state index contributed by atoms with van der Waals surface area (Å²) < 4.78 is 6.93. The van der Waals surface area contributed by atoms with E-state index in [1.165, 1.54) is 5.56 Å². The van der Waals surface area contributed by atoms with Crippen LogP contribution in [0.1, 0.15) is 24.9 Å². The van der Waals surface area contributed by atoms with Gasteiger partial charge < -0.3 is 10.1 Å². The van der Waals surface area contributed by atoms with E-state index in [1.807, 2.05) is 13.1 Å². The van der Waals surface area contributed by atoms with E-state index < -0.39 is 0 Å². The number of halogens is 1. The van der Waals surface area contributed by atoms with Gasteiger partial charge in [-0.25, -0.2) is 0 Å². The summed E-state index contributed by atoms with van der Waals surface area (Å²) in [5.41, 5.74) is 1.26. The fraction of sp³-hybridized carbons (Fsp3) is 0.455. The van der Waals surface area contributed by atoms with Crippen molar-refractivity contribution in [1.82, 2.24) is 5.32 Å². The summed E-state index contributed by atoms with van der Waals surface area (Å²) in [4.78, 5) is 0. The molecular formula is C11H14BrNO. The van der Waals surface area contributed by atoms with Gasteiger partial charge in [0.2, 0.25) is 0 Å². The zero-order chi connectivity index (χ0) is 10.1. The Morgan fingerprint density at radius 2 is 2.29 bits per heavy atom. The first-order valence-electron chi connectivity index (χ1n) is 4.90. The molecule has 1 aliphatic heterocycles. The first kappa shape index (κ1) is 9.99. The van der Waals surface area contributed by atoms with Crippen molar-refractivity contribution in [3.63, 3.8) is 0 Å². The Labute approximate surface area is 92.8 Å². The zero-order valence-corrected chi connectivity index (χ0v) is 9.97. The van der Waals surface area contributed by atoms with Gasteiger partial charge in [-0.2, -0.15) is 0 Å². The zero-order valence-electron chi connectivity index (χ0n) is 8.38. The molecule has 0 bridgehead atoms. The highest BCUT2D eigenvalue weighted by Crippen LogP contribution is 2.42. The summed E-state index contributed by atoms with van der Waals surface area (Å²) in [5.74, 6) is 0.999. The van der Waals surface area contributed by atoms with Crippen LogP contribution in [0.15, 0.2) is 22.7 Å². The summed E-state index contributed by atoms with van der Waals surface area (Å²) >= 11 is 3.51. The number of fused-ring (bicyclic) bond motifs is 1. The molecule has 14 heavy (non-hydrogen) atoms. The van der Waals surface area contributed by atoms with E-state index in [4.69, 9.17) is 4.74 Å². The minimum atomic E-state index is 0.258. The van der Waals surface area contributed by atoms with Crippen molar-refractivity contribution in [3.8, 4) is 5.75 Å². The Kier molecular flexibility index (Phi) is 2.79. The van der Waals surface area contributed by atoms with Crippen LogP contribution in [0.3, 0.4) is 0 Å². The molecule has 1 heterocycles. The Hall–Kier alpha value is -0.540. The molecule has 3 heteroatoms. The Morgan fingerprint density at radius 1 is 1.50 bits per heavy atom. The maximum absolute atomic E-state index is 5.88. The minimum absolute atomic E-state index is 0.258. The van der Waals surface area contributed by atoms with E-state index >= 15 is 0 Å². The van der Waals surface area contributed by atoms with Crippen LogP contribution in [0.5, 0.6) is 5.75 Å². The molecule has 2 unspecified atom stereocenters. The van der Waals surface area contributed by atoms with Crippen LogP contribution in [-0.2, 0) is 0 Å². The molecule has 0 saturated heterocycles. The van der Waals surface area contributed by atoms with Crippen molar-refractivity contribution < 1.29 is 4.74 Å². The number of likely N-dealkylation sites (N-methyl/N-ethyl adjacent to an activating group) is 1. The number of hydrogen-bond acceptors (Lipinski definition) is 2. The lowest BCUT2D eigenvalue weighted by atomic mass is 10.0. The smallest absolute Gasteiger partial charge is 0.138 e. The van der Waals surface area contributed by atoms with E-state index in [0.29, 0.717) is 6.04 Å². The second-order valence-corrected chi connectivity index (χ2v) is 4.34. The lowest BCUT2D eigenvalue weighted by Gasteiger charge is -2.16. The number of hydrogen-bond donors (Lipinski definition) is 1. The first-order valence-corrected chi connectivity index (χ1v) is 5.69. The summed E-state index contributed by atoms with van der Waals surface area (Å²) in [6.45, 7) is 2.15. The van der Waals surface area contributed by atoms with Gasteiger partial charge in [0.25, 0.3) is 0 Å². The predicted molar refractivity (Wildman–Crippen MR) is 60.6 cm³/mol.